The smallest absolute Gasteiger partial charge is 0.370 e. The monoisotopic (exact) mass is 260 g/mol. The van der Waals surface area contributed by atoms with Crippen molar-refractivity contribution >= 4 is 46.9 Å². The van der Waals surface area contributed by atoms with E-state index in [4.69, 9.17) is 5.11 Å². The first kappa shape index (κ1) is 15.1. The van der Waals surface area contributed by atoms with Crippen molar-refractivity contribution in [3.63, 3.8) is 0 Å². The Morgan fingerprint density at radius 3 is 2.67 bits per heavy atom. The Morgan fingerprint density at radius 1 is 1.75 bits per heavy atom. The zero-order valence-electron chi connectivity index (χ0n) is 6.95. The molecule has 1 N–H and O–H groups in total. The molecular weight excluding hydrogens is 253 g/mol. The fourth-order valence-electron chi connectivity index (χ4n) is 0.661. The number of thiazole rings is 1. The van der Waals surface area contributed by atoms with Gasteiger partial charge in [-0.05, 0) is 0 Å². The summed E-state index contributed by atoms with van der Waals surface area (Å²) < 4.78 is 1.70. The molecule has 0 amide bonds. The van der Waals surface area contributed by atoms with E-state index in [-0.39, 0.29) is 53.1 Å². The number of carbonyl (C=O) groups is 1. The van der Waals surface area contributed by atoms with E-state index in [2.05, 4.69) is 0 Å². The maximum atomic E-state index is 10.2. The number of rotatable bonds is 2. The average molecular weight is 261 g/mol. The van der Waals surface area contributed by atoms with Gasteiger partial charge in [0, 0.05) is 36.5 Å². The van der Waals surface area contributed by atoms with Crippen molar-refractivity contribution in [2.75, 3.05) is 0 Å². The molecule has 0 fully saturated rings. The van der Waals surface area contributed by atoms with Crippen LogP contribution in [-0.2, 0) is 11.3 Å². The first-order valence-electron chi connectivity index (χ1n) is 2.84. The summed E-state index contributed by atoms with van der Waals surface area (Å²) in [5.41, 5.74) is 2.79. The van der Waals surface area contributed by atoms with Gasteiger partial charge >= 0.3 is 5.97 Å². The molecule has 0 aliphatic carbocycles. The van der Waals surface area contributed by atoms with Crippen LogP contribution in [0.4, 0.5) is 0 Å². The summed E-state index contributed by atoms with van der Waals surface area (Å²) in [6, 6.07) is 0. The molecule has 1 heterocycles. The Morgan fingerprint density at radius 2 is 2.33 bits per heavy atom. The summed E-state index contributed by atoms with van der Waals surface area (Å²) >= 11 is 1.51. The van der Waals surface area contributed by atoms with Gasteiger partial charge in [-0.15, -0.1) is 0 Å². The number of hydrogen-bond acceptors (Lipinski definition) is 2. The molecule has 0 saturated heterocycles. The Balaban J connectivity index is 0. The second-order valence-corrected chi connectivity index (χ2v) is 2.74. The summed E-state index contributed by atoms with van der Waals surface area (Å²) in [4.78, 5) is 10.2. The normalized spacial score (nSPS) is 8.08. The largest absolute Gasteiger partial charge is 1.00 e. The van der Waals surface area contributed by atoms with E-state index in [9.17, 15) is 4.79 Å². The van der Waals surface area contributed by atoms with Crippen LogP contribution in [0.25, 0.3) is 0 Å². The molecule has 0 bridgehead atoms. The standard InChI is InChI=1S/C6H7NO2S.BrH.Na/c1-5-3-10-4-7(5)2-6(8)9;;/h3-4H,2H2,1H3;1H;. The van der Waals surface area contributed by atoms with Gasteiger partial charge < -0.3 is 22.1 Å². The third-order valence-corrected chi connectivity index (χ3v) is 2.04. The van der Waals surface area contributed by atoms with E-state index in [1.54, 1.807) is 10.1 Å². The topological polar surface area (TPSA) is 41.2 Å². The van der Waals surface area contributed by atoms with Crippen molar-refractivity contribution in [1.82, 2.24) is 0 Å². The molecule has 63 valence electrons. The molecule has 0 unspecified atom stereocenters. The van der Waals surface area contributed by atoms with Crippen molar-refractivity contribution in [3.05, 3.63) is 16.6 Å². The summed E-state index contributed by atoms with van der Waals surface area (Å²) in [6.07, 6.45) is 0. The molecule has 12 heavy (non-hydrogen) atoms. The number of carboxylic acids is 1. The molecule has 1 radical (unpaired) electrons. The average Bonchev–Trinajstić information content (AvgIpc) is 2.15. The maximum Gasteiger partial charge on any atom is 0.370 e. The van der Waals surface area contributed by atoms with E-state index in [1.807, 2.05) is 12.3 Å². The van der Waals surface area contributed by atoms with E-state index in [0.29, 0.717) is 0 Å². The molecule has 0 aliphatic rings. The number of aliphatic carboxylic acids is 1. The summed E-state index contributed by atoms with van der Waals surface area (Å²) in [7, 11) is 0. The summed E-state index contributed by atoms with van der Waals surface area (Å²) in [6.45, 7) is 1.95. The molecule has 0 atom stereocenters. The Labute approximate surface area is 107 Å². The molecule has 0 spiro atoms. The first-order chi connectivity index (χ1) is 4.70. The molecule has 1 rings (SSSR count). The Hall–Kier alpha value is 0.580. The van der Waals surface area contributed by atoms with Crippen LogP contribution in [0.3, 0.4) is 0 Å². The van der Waals surface area contributed by atoms with Gasteiger partial charge in [0.1, 0.15) is 0 Å². The van der Waals surface area contributed by atoms with Gasteiger partial charge in [0.15, 0.2) is 5.69 Å². The minimum Gasteiger partial charge on any atom is -1.00 e. The fourth-order valence-corrected chi connectivity index (χ4v) is 1.44. The van der Waals surface area contributed by atoms with Crippen molar-refractivity contribution in [1.29, 1.82) is 0 Å². The minimum absolute atomic E-state index is 0. The van der Waals surface area contributed by atoms with Gasteiger partial charge in [0.05, 0.1) is 5.38 Å². The van der Waals surface area contributed by atoms with E-state index in [0.717, 1.165) is 5.69 Å². The van der Waals surface area contributed by atoms with Crippen LogP contribution in [0.2, 0.25) is 0 Å². The van der Waals surface area contributed by atoms with Crippen molar-refractivity contribution in [2.24, 2.45) is 0 Å². The SMILES string of the molecule is Cc1csc[n+]1CC(=O)O.[Br-].[Na]. The third-order valence-electron chi connectivity index (χ3n) is 1.19. The van der Waals surface area contributed by atoms with E-state index >= 15 is 0 Å². The van der Waals surface area contributed by atoms with Crippen LogP contribution in [0.15, 0.2) is 10.9 Å². The zero-order valence-corrected chi connectivity index (χ0v) is 11.4. The number of carboxylic acid groups (broad SMARTS) is 1. The Bertz CT molecular complexity index is 253. The van der Waals surface area contributed by atoms with E-state index < -0.39 is 5.97 Å². The molecule has 1 aromatic heterocycles. The zero-order chi connectivity index (χ0) is 7.56. The van der Waals surface area contributed by atoms with Crippen LogP contribution >= 0.6 is 11.3 Å². The van der Waals surface area contributed by atoms with Gasteiger partial charge in [0.2, 0.25) is 12.1 Å². The van der Waals surface area contributed by atoms with Crippen LogP contribution in [0.5, 0.6) is 0 Å². The third kappa shape index (κ3) is 4.57. The molecule has 0 aliphatic heterocycles. The van der Waals surface area contributed by atoms with Gasteiger partial charge in [-0.25, -0.2) is 4.79 Å². The fraction of sp³-hybridized carbons (Fsp3) is 0.333. The summed E-state index contributed by atoms with van der Waals surface area (Å²) in [5, 5.41) is 10.3. The quantitative estimate of drug-likeness (QED) is 0.457. The molecule has 3 nitrogen and oxygen atoms in total. The number of hydrogen-bond donors (Lipinski definition) is 1. The molecular formula is C6H8BrNNaO2S. The molecule has 0 saturated carbocycles. The second-order valence-electron chi connectivity index (χ2n) is 2.02. The van der Waals surface area contributed by atoms with Crippen molar-refractivity contribution in [3.8, 4) is 0 Å². The van der Waals surface area contributed by atoms with Gasteiger partial charge in [-0.2, -0.15) is 4.57 Å². The van der Waals surface area contributed by atoms with Gasteiger partial charge in [-0.1, -0.05) is 11.3 Å². The number of aromatic nitrogens is 1. The van der Waals surface area contributed by atoms with Crippen molar-refractivity contribution < 1.29 is 31.4 Å². The van der Waals surface area contributed by atoms with Crippen molar-refractivity contribution in [2.45, 2.75) is 13.5 Å². The molecule has 1 aromatic rings. The van der Waals surface area contributed by atoms with Gasteiger partial charge in [-0.3, -0.25) is 0 Å². The van der Waals surface area contributed by atoms with E-state index in [1.165, 1.54) is 11.3 Å². The van der Waals surface area contributed by atoms with Crippen LogP contribution in [0.1, 0.15) is 5.69 Å². The second kappa shape index (κ2) is 7.03. The van der Waals surface area contributed by atoms with Crippen LogP contribution in [-0.4, -0.2) is 40.6 Å². The number of halogens is 1. The van der Waals surface area contributed by atoms with Gasteiger partial charge in [0.25, 0.3) is 0 Å². The summed E-state index contributed by atoms with van der Waals surface area (Å²) in [5.74, 6) is -0.800. The predicted molar refractivity (Wildman–Crippen MR) is 42.6 cm³/mol. The molecule has 6 heteroatoms. The molecule has 0 aromatic carbocycles. The number of nitrogens with zero attached hydrogens (tertiary/aromatic N) is 1. The maximum absolute atomic E-state index is 10.2. The Kier molecular flexibility index (Phi) is 8.83. The minimum atomic E-state index is -0.800. The first-order valence-corrected chi connectivity index (χ1v) is 3.78. The van der Waals surface area contributed by atoms with Crippen LogP contribution < -0.4 is 21.5 Å². The number of aryl methyl sites for hydroxylation is 1. The van der Waals surface area contributed by atoms with Crippen LogP contribution in [0, 0.1) is 6.92 Å². The predicted octanol–water partition coefficient (Wildman–Crippen LogP) is -2.95.